The zero-order valence-corrected chi connectivity index (χ0v) is 18.2. The molecular weight excluding hydrogens is 427 g/mol. The molecule has 0 spiro atoms. The zero-order valence-electron chi connectivity index (χ0n) is 15.8. The van der Waals surface area contributed by atoms with Crippen molar-refractivity contribution in [2.75, 3.05) is 13.6 Å². The van der Waals surface area contributed by atoms with Gasteiger partial charge in [0, 0.05) is 26.6 Å². The minimum absolute atomic E-state index is 0. The van der Waals surface area contributed by atoms with Crippen LogP contribution in [-0.2, 0) is 19.5 Å². The second-order valence-electron chi connectivity index (χ2n) is 7.87. The number of halogens is 1. The third kappa shape index (κ3) is 5.08. The lowest BCUT2D eigenvalue weighted by atomic mass is 9.64. The van der Waals surface area contributed by atoms with Crippen molar-refractivity contribution >= 4 is 29.9 Å². The van der Waals surface area contributed by atoms with Crippen LogP contribution < -0.4 is 10.6 Å². The standard InChI is InChI=1S/C18H32N6.HI/c1-14(2)11-18(8-6-9-18)13-21-17(19-3)20-12-16-23-22-15-7-4-5-10-24(15)16;/h14H,4-13H2,1-3H3,(H2,19,20,21);1H. The first kappa shape index (κ1) is 20.5. The van der Waals surface area contributed by atoms with Crippen LogP contribution in [-0.4, -0.2) is 34.3 Å². The second kappa shape index (κ2) is 9.19. The highest BCUT2D eigenvalue weighted by atomic mass is 127. The first-order valence-electron chi connectivity index (χ1n) is 9.47. The lowest BCUT2D eigenvalue weighted by Crippen LogP contribution is -2.47. The molecule has 25 heavy (non-hydrogen) atoms. The Hall–Kier alpha value is -0.860. The van der Waals surface area contributed by atoms with E-state index in [9.17, 15) is 0 Å². The molecular formula is C18H33IN6. The monoisotopic (exact) mass is 460 g/mol. The predicted molar refractivity (Wildman–Crippen MR) is 112 cm³/mol. The quantitative estimate of drug-likeness (QED) is 0.389. The molecule has 142 valence electrons. The van der Waals surface area contributed by atoms with Crippen LogP contribution in [0.2, 0.25) is 0 Å². The van der Waals surface area contributed by atoms with E-state index < -0.39 is 0 Å². The summed E-state index contributed by atoms with van der Waals surface area (Å²) in [6, 6.07) is 0. The summed E-state index contributed by atoms with van der Waals surface area (Å²) < 4.78 is 2.26. The molecule has 0 saturated heterocycles. The fourth-order valence-corrected chi connectivity index (χ4v) is 4.15. The van der Waals surface area contributed by atoms with E-state index in [1.807, 2.05) is 7.05 Å². The van der Waals surface area contributed by atoms with E-state index in [1.165, 1.54) is 38.5 Å². The number of nitrogens with zero attached hydrogens (tertiary/aromatic N) is 4. The van der Waals surface area contributed by atoms with Gasteiger partial charge in [-0.1, -0.05) is 20.3 Å². The van der Waals surface area contributed by atoms with Crippen molar-refractivity contribution in [2.24, 2.45) is 16.3 Å². The van der Waals surface area contributed by atoms with Gasteiger partial charge in [0.25, 0.3) is 0 Å². The summed E-state index contributed by atoms with van der Waals surface area (Å²) >= 11 is 0. The smallest absolute Gasteiger partial charge is 0.191 e. The van der Waals surface area contributed by atoms with Gasteiger partial charge in [-0.05, 0) is 43.4 Å². The SMILES string of the molecule is CN=C(NCc1nnc2n1CCCC2)NCC1(CC(C)C)CCC1.I. The Balaban J connectivity index is 0.00000225. The Kier molecular flexibility index (Phi) is 7.51. The normalized spacial score (nSPS) is 19.0. The predicted octanol–water partition coefficient (Wildman–Crippen LogP) is 3.11. The fraction of sp³-hybridized carbons (Fsp3) is 0.833. The van der Waals surface area contributed by atoms with Crippen LogP contribution in [0.5, 0.6) is 0 Å². The highest BCUT2D eigenvalue weighted by Crippen LogP contribution is 2.45. The Morgan fingerprint density at radius 3 is 2.64 bits per heavy atom. The van der Waals surface area contributed by atoms with E-state index >= 15 is 0 Å². The maximum absolute atomic E-state index is 4.38. The van der Waals surface area contributed by atoms with E-state index in [-0.39, 0.29) is 24.0 Å². The second-order valence-corrected chi connectivity index (χ2v) is 7.87. The van der Waals surface area contributed by atoms with E-state index in [0.717, 1.165) is 43.0 Å². The van der Waals surface area contributed by atoms with Gasteiger partial charge in [0.2, 0.25) is 0 Å². The van der Waals surface area contributed by atoms with Gasteiger partial charge < -0.3 is 15.2 Å². The molecule has 1 aliphatic heterocycles. The van der Waals surface area contributed by atoms with E-state index in [1.54, 1.807) is 0 Å². The van der Waals surface area contributed by atoms with Crippen LogP contribution in [0.4, 0.5) is 0 Å². The molecule has 2 N–H and O–H groups in total. The lowest BCUT2D eigenvalue weighted by Gasteiger charge is -2.43. The Labute approximate surface area is 168 Å². The molecule has 1 aromatic heterocycles. The van der Waals surface area contributed by atoms with E-state index in [2.05, 4.69) is 44.2 Å². The first-order chi connectivity index (χ1) is 11.6. The molecule has 1 saturated carbocycles. The summed E-state index contributed by atoms with van der Waals surface area (Å²) in [5.41, 5.74) is 0.472. The van der Waals surface area contributed by atoms with Gasteiger partial charge in [0.05, 0.1) is 6.54 Å². The van der Waals surface area contributed by atoms with Gasteiger partial charge in [0.15, 0.2) is 11.8 Å². The third-order valence-electron chi connectivity index (χ3n) is 5.46. The maximum atomic E-state index is 4.38. The van der Waals surface area contributed by atoms with Crippen molar-refractivity contribution in [3.8, 4) is 0 Å². The van der Waals surface area contributed by atoms with Crippen molar-refractivity contribution in [3.05, 3.63) is 11.6 Å². The fourth-order valence-electron chi connectivity index (χ4n) is 4.15. The van der Waals surface area contributed by atoms with Crippen molar-refractivity contribution in [1.29, 1.82) is 0 Å². The summed E-state index contributed by atoms with van der Waals surface area (Å²) in [4.78, 5) is 4.38. The van der Waals surface area contributed by atoms with Gasteiger partial charge in [-0.25, -0.2) is 0 Å². The topological polar surface area (TPSA) is 67.1 Å². The molecule has 0 aromatic carbocycles. The van der Waals surface area contributed by atoms with Crippen LogP contribution in [0.15, 0.2) is 4.99 Å². The van der Waals surface area contributed by atoms with Gasteiger partial charge in [-0.2, -0.15) is 0 Å². The average Bonchev–Trinajstić information content (AvgIpc) is 2.95. The zero-order chi connectivity index (χ0) is 17.0. The Bertz CT molecular complexity index is 576. The molecule has 3 rings (SSSR count). The third-order valence-corrected chi connectivity index (χ3v) is 5.46. The summed E-state index contributed by atoms with van der Waals surface area (Å²) in [5, 5.41) is 15.6. The number of aliphatic imine (C=N–C) groups is 1. The molecule has 1 aromatic rings. The minimum Gasteiger partial charge on any atom is -0.356 e. The molecule has 2 aliphatic rings. The summed E-state index contributed by atoms with van der Waals surface area (Å²) in [6.07, 6.45) is 8.86. The van der Waals surface area contributed by atoms with Crippen LogP contribution in [0, 0.1) is 11.3 Å². The number of aryl methyl sites for hydroxylation is 1. The number of hydrogen-bond donors (Lipinski definition) is 2. The maximum Gasteiger partial charge on any atom is 0.191 e. The molecule has 2 heterocycles. The van der Waals surface area contributed by atoms with Crippen LogP contribution >= 0.6 is 24.0 Å². The van der Waals surface area contributed by atoms with Gasteiger partial charge in [0.1, 0.15) is 5.82 Å². The van der Waals surface area contributed by atoms with Gasteiger partial charge in [-0.3, -0.25) is 4.99 Å². The van der Waals surface area contributed by atoms with Gasteiger partial charge >= 0.3 is 0 Å². The van der Waals surface area contributed by atoms with Crippen LogP contribution in [0.3, 0.4) is 0 Å². The summed E-state index contributed by atoms with van der Waals surface area (Å²) in [7, 11) is 1.84. The number of aromatic nitrogens is 3. The number of rotatable bonds is 6. The number of fused-ring (bicyclic) bond motifs is 1. The molecule has 0 radical (unpaired) electrons. The Morgan fingerprint density at radius 2 is 2.00 bits per heavy atom. The molecule has 6 nitrogen and oxygen atoms in total. The molecule has 0 atom stereocenters. The van der Waals surface area contributed by atoms with E-state index in [4.69, 9.17) is 0 Å². The average molecular weight is 460 g/mol. The molecule has 0 bridgehead atoms. The Morgan fingerprint density at radius 1 is 1.20 bits per heavy atom. The van der Waals surface area contributed by atoms with Crippen molar-refractivity contribution in [3.63, 3.8) is 0 Å². The number of nitrogens with one attached hydrogen (secondary N) is 2. The van der Waals surface area contributed by atoms with Crippen LogP contribution in [0.25, 0.3) is 0 Å². The van der Waals surface area contributed by atoms with Crippen molar-refractivity contribution in [2.45, 2.75) is 71.9 Å². The first-order valence-corrected chi connectivity index (χ1v) is 9.47. The summed E-state index contributed by atoms with van der Waals surface area (Å²) in [5.74, 6) is 3.78. The number of hydrogen-bond acceptors (Lipinski definition) is 3. The number of guanidine groups is 1. The van der Waals surface area contributed by atoms with E-state index in [0.29, 0.717) is 12.0 Å². The van der Waals surface area contributed by atoms with Crippen molar-refractivity contribution in [1.82, 2.24) is 25.4 Å². The summed E-state index contributed by atoms with van der Waals surface area (Å²) in [6.45, 7) is 7.39. The lowest BCUT2D eigenvalue weighted by molar-refractivity contribution is 0.104. The molecule has 1 fully saturated rings. The van der Waals surface area contributed by atoms with Gasteiger partial charge in [-0.15, -0.1) is 34.2 Å². The van der Waals surface area contributed by atoms with Crippen LogP contribution in [0.1, 0.15) is 64.0 Å². The molecule has 0 unspecified atom stereocenters. The highest BCUT2D eigenvalue weighted by molar-refractivity contribution is 14.0. The molecule has 0 amide bonds. The molecule has 7 heteroatoms. The highest BCUT2D eigenvalue weighted by Gasteiger charge is 2.37. The van der Waals surface area contributed by atoms with Crippen molar-refractivity contribution < 1.29 is 0 Å². The minimum atomic E-state index is 0. The largest absolute Gasteiger partial charge is 0.356 e. The molecule has 1 aliphatic carbocycles.